The number of anilines is 2. The molecule has 0 atom stereocenters. The number of amides is 1. The van der Waals surface area contributed by atoms with Gasteiger partial charge < -0.3 is 0 Å². The number of nitrogens with zero attached hydrogens (tertiary/aromatic N) is 3. The van der Waals surface area contributed by atoms with Gasteiger partial charge in [0.15, 0.2) is 5.13 Å². The molecule has 5 nitrogen and oxygen atoms in total. The van der Waals surface area contributed by atoms with Crippen molar-refractivity contribution >= 4 is 33.8 Å². The minimum atomic E-state index is -0.118. The summed E-state index contributed by atoms with van der Waals surface area (Å²) >= 11 is 1.58. The first kappa shape index (κ1) is 17.6. The van der Waals surface area contributed by atoms with E-state index in [1.165, 1.54) is 4.88 Å². The van der Waals surface area contributed by atoms with Gasteiger partial charge in [0.1, 0.15) is 0 Å². The second-order valence-electron chi connectivity index (χ2n) is 6.20. The molecule has 25 heavy (non-hydrogen) atoms. The molecule has 1 aromatic carbocycles. The van der Waals surface area contributed by atoms with Gasteiger partial charge in [-0.2, -0.15) is 5.10 Å². The van der Waals surface area contributed by atoms with Crippen LogP contribution in [0.2, 0.25) is 0 Å². The Labute approximate surface area is 152 Å². The average molecular weight is 356 g/mol. The average Bonchev–Trinajstić information content (AvgIpc) is 3.21. The number of hydrazone groups is 1. The molecule has 0 aliphatic carbocycles. The molecule has 132 valence electrons. The fourth-order valence-corrected chi connectivity index (χ4v) is 3.80. The lowest BCUT2D eigenvalue weighted by Crippen LogP contribution is -2.14. The number of nitrogens with one attached hydrogen (secondary N) is 1. The number of hydrogen-bond donors (Lipinski definition) is 1. The first-order valence-electron chi connectivity index (χ1n) is 8.82. The van der Waals surface area contributed by atoms with Gasteiger partial charge in [0.25, 0.3) is 5.91 Å². The molecule has 1 N–H and O–H groups in total. The third kappa shape index (κ3) is 4.07. The number of rotatable bonds is 6. The van der Waals surface area contributed by atoms with Gasteiger partial charge in [-0.05, 0) is 44.0 Å². The van der Waals surface area contributed by atoms with Crippen molar-refractivity contribution in [3.63, 3.8) is 0 Å². The topological polar surface area (TPSA) is 57.6 Å². The first-order valence-corrected chi connectivity index (χ1v) is 9.64. The van der Waals surface area contributed by atoms with E-state index in [0.29, 0.717) is 10.7 Å². The highest BCUT2D eigenvalue weighted by Crippen LogP contribution is 2.25. The van der Waals surface area contributed by atoms with E-state index in [1.807, 2.05) is 36.2 Å². The number of benzene rings is 1. The number of aryl methyl sites for hydroxylation is 2. The van der Waals surface area contributed by atoms with Crippen LogP contribution in [-0.4, -0.2) is 23.1 Å². The van der Waals surface area contributed by atoms with E-state index in [0.717, 1.165) is 49.3 Å². The molecule has 0 saturated heterocycles. The Hall–Kier alpha value is -2.21. The van der Waals surface area contributed by atoms with Crippen LogP contribution in [0.15, 0.2) is 29.4 Å². The Morgan fingerprint density at radius 3 is 2.64 bits per heavy atom. The Kier molecular flexibility index (Phi) is 5.48. The monoisotopic (exact) mass is 356 g/mol. The van der Waals surface area contributed by atoms with Crippen molar-refractivity contribution in [2.45, 2.75) is 46.5 Å². The molecule has 1 aromatic heterocycles. The molecule has 0 unspecified atom stereocenters. The second-order valence-corrected chi connectivity index (χ2v) is 7.29. The van der Waals surface area contributed by atoms with Gasteiger partial charge in [0.05, 0.1) is 11.4 Å². The molecule has 1 amide bonds. The summed E-state index contributed by atoms with van der Waals surface area (Å²) in [5, 5.41) is 10.1. The third-order valence-corrected chi connectivity index (χ3v) is 5.37. The fourth-order valence-electron chi connectivity index (χ4n) is 2.86. The zero-order chi connectivity index (χ0) is 17.8. The van der Waals surface area contributed by atoms with E-state index in [4.69, 9.17) is 0 Å². The van der Waals surface area contributed by atoms with Crippen molar-refractivity contribution in [2.24, 2.45) is 5.10 Å². The molecule has 0 fully saturated rings. The maximum absolute atomic E-state index is 12.5. The van der Waals surface area contributed by atoms with Crippen LogP contribution in [0.1, 0.15) is 54.5 Å². The third-order valence-electron chi connectivity index (χ3n) is 4.21. The smallest absolute Gasteiger partial charge is 0.257 e. The zero-order valence-electron chi connectivity index (χ0n) is 15.0. The van der Waals surface area contributed by atoms with E-state index in [9.17, 15) is 4.79 Å². The lowest BCUT2D eigenvalue weighted by molar-refractivity contribution is 0.102. The van der Waals surface area contributed by atoms with Crippen molar-refractivity contribution in [1.82, 2.24) is 4.98 Å². The summed E-state index contributed by atoms with van der Waals surface area (Å²) < 4.78 is 0. The highest BCUT2D eigenvalue weighted by molar-refractivity contribution is 7.15. The van der Waals surface area contributed by atoms with Gasteiger partial charge >= 0.3 is 0 Å². The van der Waals surface area contributed by atoms with E-state index in [2.05, 4.69) is 29.2 Å². The number of carbonyl (C=O) groups is 1. The summed E-state index contributed by atoms with van der Waals surface area (Å²) in [5.41, 5.74) is 3.90. The van der Waals surface area contributed by atoms with Gasteiger partial charge in [-0.25, -0.2) is 4.98 Å². The second kappa shape index (κ2) is 7.78. The van der Waals surface area contributed by atoms with Crippen LogP contribution in [0.4, 0.5) is 10.8 Å². The van der Waals surface area contributed by atoms with Gasteiger partial charge in [-0.1, -0.05) is 20.3 Å². The summed E-state index contributed by atoms with van der Waals surface area (Å²) in [7, 11) is 0. The van der Waals surface area contributed by atoms with Crippen molar-refractivity contribution in [3.8, 4) is 0 Å². The van der Waals surface area contributed by atoms with Crippen LogP contribution in [-0.2, 0) is 12.8 Å². The van der Waals surface area contributed by atoms with E-state index < -0.39 is 0 Å². The van der Waals surface area contributed by atoms with Crippen LogP contribution >= 0.6 is 11.3 Å². The molecule has 1 aliphatic rings. The van der Waals surface area contributed by atoms with Crippen LogP contribution in [0.5, 0.6) is 0 Å². The van der Waals surface area contributed by atoms with E-state index >= 15 is 0 Å². The molecule has 0 spiro atoms. The van der Waals surface area contributed by atoms with Gasteiger partial charge in [0.2, 0.25) is 0 Å². The van der Waals surface area contributed by atoms with Crippen molar-refractivity contribution < 1.29 is 4.79 Å². The van der Waals surface area contributed by atoms with Crippen LogP contribution < -0.4 is 10.3 Å². The van der Waals surface area contributed by atoms with E-state index in [-0.39, 0.29) is 5.91 Å². The van der Waals surface area contributed by atoms with Gasteiger partial charge in [-0.15, -0.1) is 11.3 Å². The number of hydrogen-bond acceptors (Lipinski definition) is 5. The standard InChI is InChI=1S/C19H24N4OS/c1-4-6-16-17(5-2)25-19(20-16)21-18(24)14-7-9-15(10-8-14)23-12-11-13(3)22-23/h7-10H,4-6,11-12H2,1-3H3,(H,20,21,24). The summed E-state index contributed by atoms with van der Waals surface area (Å²) in [5.74, 6) is -0.118. The predicted octanol–water partition coefficient (Wildman–Crippen LogP) is 4.50. The minimum absolute atomic E-state index is 0.118. The van der Waals surface area contributed by atoms with Crippen molar-refractivity contribution in [3.05, 3.63) is 40.4 Å². The molecular formula is C19H24N4OS. The SMILES string of the molecule is CCCc1nc(NC(=O)c2ccc(N3CCC(C)=N3)cc2)sc1CC. The number of aromatic nitrogens is 1. The van der Waals surface area contributed by atoms with Crippen LogP contribution in [0.3, 0.4) is 0 Å². The normalized spacial score (nSPS) is 13.9. The molecule has 0 saturated carbocycles. The molecular weight excluding hydrogens is 332 g/mol. The molecule has 3 rings (SSSR count). The Bertz CT molecular complexity index is 779. The summed E-state index contributed by atoms with van der Waals surface area (Å²) in [6.07, 6.45) is 3.96. The Morgan fingerprint density at radius 1 is 1.28 bits per heavy atom. The lowest BCUT2D eigenvalue weighted by Gasteiger charge is -2.13. The molecule has 2 aromatic rings. The molecule has 0 bridgehead atoms. The van der Waals surface area contributed by atoms with Gasteiger partial charge in [-0.3, -0.25) is 15.1 Å². The first-order chi connectivity index (χ1) is 12.1. The summed E-state index contributed by atoms with van der Waals surface area (Å²) in [6.45, 7) is 7.20. The number of thiazole rings is 1. The molecule has 6 heteroatoms. The molecule has 2 heterocycles. The zero-order valence-corrected chi connectivity index (χ0v) is 15.8. The lowest BCUT2D eigenvalue weighted by atomic mass is 10.2. The highest BCUT2D eigenvalue weighted by atomic mass is 32.1. The highest BCUT2D eigenvalue weighted by Gasteiger charge is 2.15. The minimum Gasteiger partial charge on any atom is -0.298 e. The van der Waals surface area contributed by atoms with Gasteiger partial charge in [0, 0.05) is 29.1 Å². The van der Waals surface area contributed by atoms with E-state index in [1.54, 1.807) is 11.3 Å². The maximum atomic E-state index is 12.5. The molecule has 1 aliphatic heterocycles. The summed E-state index contributed by atoms with van der Waals surface area (Å²) in [4.78, 5) is 18.3. The van der Waals surface area contributed by atoms with Crippen molar-refractivity contribution in [2.75, 3.05) is 16.9 Å². The Morgan fingerprint density at radius 2 is 2.04 bits per heavy atom. The molecule has 0 radical (unpaired) electrons. The largest absolute Gasteiger partial charge is 0.298 e. The quantitative estimate of drug-likeness (QED) is 0.829. The summed E-state index contributed by atoms with van der Waals surface area (Å²) in [6, 6.07) is 7.57. The fraction of sp³-hybridized carbons (Fsp3) is 0.421. The van der Waals surface area contributed by atoms with Crippen LogP contribution in [0, 0.1) is 0 Å². The van der Waals surface area contributed by atoms with Crippen LogP contribution in [0.25, 0.3) is 0 Å². The number of carbonyl (C=O) groups excluding carboxylic acids is 1. The Balaban J connectivity index is 1.69. The predicted molar refractivity (Wildman–Crippen MR) is 105 cm³/mol. The maximum Gasteiger partial charge on any atom is 0.257 e. The van der Waals surface area contributed by atoms with Crippen molar-refractivity contribution in [1.29, 1.82) is 0 Å².